The first kappa shape index (κ1) is 15.3. The Morgan fingerprint density at radius 1 is 1.38 bits per heavy atom. The number of amides is 2. The normalized spacial score (nSPS) is 15.7. The zero-order valence-electron chi connectivity index (χ0n) is 12.1. The second-order valence-corrected chi connectivity index (χ2v) is 5.40. The monoisotopic (exact) mass is 291 g/mol. The molecule has 1 aromatic rings. The van der Waals surface area contributed by atoms with Gasteiger partial charge in [0.1, 0.15) is 5.75 Å². The van der Waals surface area contributed by atoms with Crippen LogP contribution >= 0.6 is 0 Å². The number of aromatic hydroxyl groups is 1. The van der Waals surface area contributed by atoms with Crippen molar-refractivity contribution in [2.24, 2.45) is 5.73 Å². The highest BCUT2D eigenvalue weighted by Gasteiger charge is 2.28. The summed E-state index contributed by atoms with van der Waals surface area (Å²) >= 11 is 0. The van der Waals surface area contributed by atoms with Gasteiger partial charge in [0.25, 0.3) is 5.91 Å². The average molecular weight is 291 g/mol. The molecule has 0 saturated carbocycles. The quantitative estimate of drug-likeness (QED) is 0.747. The molecule has 1 saturated heterocycles. The Morgan fingerprint density at radius 2 is 2.05 bits per heavy atom. The van der Waals surface area contributed by atoms with Crippen LogP contribution in [0.15, 0.2) is 18.2 Å². The Balaban J connectivity index is 2.26. The number of benzene rings is 1. The first-order chi connectivity index (χ1) is 9.99. The molecule has 4 N–H and O–H groups in total. The lowest BCUT2D eigenvalue weighted by atomic mass is 10.0. The van der Waals surface area contributed by atoms with E-state index < -0.39 is 5.91 Å². The van der Waals surface area contributed by atoms with Crippen LogP contribution in [0.4, 0.5) is 0 Å². The van der Waals surface area contributed by atoms with Crippen molar-refractivity contribution in [2.45, 2.75) is 25.8 Å². The number of phenolic OH excluding ortho intramolecular Hbond substituents is 1. The van der Waals surface area contributed by atoms with Gasteiger partial charge in [0.2, 0.25) is 5.91 Å². The predicted octanol–water partition coefficient (Wildman–Crippen LogP) is 0.380. The molecule has 0 aromatic heterocycles. The number of hydrogen-bond acceptors (Lipinski definition) is 4. The SMILES string of the molecule is Cc1ccc(C(=O)N(CC(N)=O)C2CCNCC2)c(O)c1. The Kier molecular flexibility index (Phi) is 4.80. The molecule has 1 aromatic carbocycles. The van der Waals surface area contributed by atoms with Gasteiger partial charge in [-0.1, -0.05) is 6.07 Å². The zero-order valence-corrected chi connectivity index (χ0v) is 12.1. The van der Waals surface area contributed by atoms with E-state index in [0.29, 0.717) is 0 Å². The molecule has 21 heavy (non-hydrogen) atoms. The highest BCUT2D eigenvalue weighted by atomic mass is 16.3. The number of rotatable bonds is 4. The van der Waals surface area contributed by atoms with Crippen molar-refractivity contribution in [2.75, 3.05) is 19.6 Å². The zero-order chi connectivity index (χ0) is 15.4. The number of phenols is 1. The van der Waals surface area contributed by atoms with Crippen molar-refractivity contribution in [3.05, 3.63) is 29.3 Å². The van der Waals surface area contributed by atoms with E-state index in [1.165, 1.54) is 11.0 Å². The van der Waals surface area contributed by atoms with Crippen LogP contribution in [0.1, 0.15) is 28.8 Å². The molecule has 1 aliphatic heterocycles. The van der Waals surface area contributed by atoms with Crippen LogP contribution in [0.5, 0.6) is 5.75 Å². The molecular weight excluding hydrogens is 270 g/mol. The summed E-state index contributed by atoms with van der Waals surface area (Å²) in [4.78, 5) is 25.4. The van der Waals surface area contributed by atoms with Crippen molar-refractivity contribution in [3.63, 3.8) is 0 Å². The van der Waals surface area contributed by atoms with Crippen molar-refractivity contribution >= 4 is 11.8 Å². The van der Waals surface area contributed by atoms with Crippen LogP contribution in [-0.2, 0) is 4.79 Å². The summed E-state index contributed by atoms with van der Waals surface area (Å²) in [7, 11) is 0. The van der Waals surface area contributed by atoms with E-state index in [2.05, 4.69) is 5.32 Å². The lowest BCUT2D eigenvalue weighted by Gasteiger charge is -2.34. The van der Waals surface area contributed by atoms with Crippen molar-refractivity contribution in [1.82, 2.24) is 10.2 Å². The fraction of sp³-hybridized carbons (Fsp3) is 0.467. The molecule has 0 spiro atoms. The summed E-state index contributed by atoms with van der Waals surface area (Å²) in [5, 5.41) is 13.2. The largest absolute Gasteiger partial charge is 0.507 e. The number of aryl methyl sites for hydroxylation is 1. The summed E-state index contributed by atoms with van der Waals surface area (Å²) < 4.78 is 0. The number of nitrogens with two attached hydrogens (primary N) is 1. The van der Waals surface area contributed by atoms with Crippen LogP contribution in [0.2, 0.25) is 0 Å². The van der Waals surface area contributed by atoms with Crippen LogP contribution in [-0.4, -0.2) is 47.5 Å². The molecule has 6 heteroatoms. The molecular formula is C15H21N3O3. The fourth-order valence-corrected chi connectivity index (χ4v) is 2.63. The third kappa shape index (κ3) is 3.72. The minimum Gasteiger partial charge on any atom is -0.507 e. The van der Waals surface area contributed by atoms with E-state index in [-0.39, 0.29) is 29.8 Å². The fourth-order valence-electron chi connectivity index (χ4n) is 2.63. The van der Waals surface area contributed by atoms with E-state index in [1.54, 1.807) is 12.1 Å². The van der Waals surface area contributed by atoms with Gasteiger partial charge in [0.15, 0.2) is 0 Å². The van der Waals surface area contributed by atoms with Crippen LogP contribution in [0.3, 0.4) is 0 Å². The minimum absolute atomic E-state index is 0.0352. The van der Waals surface area contributed by atoms with E-state index in [9.17, 15) is 14.7 Å². The highest BCUT2D eigenvalue weighted by Crippen LogP contribution is 2.23. The summed E-state index contributed by atoms with van der Waals surface area (Å²) in [5.41, 5.74) is 6.34. The van der Waals surface area contributed by atoms with E-state index >= 15 is 0 Å². The Morgan fingerprint density at radius 3 is 2.62 bits per heavy atom. The van der Waals surface area contributed by atoms with Gasteiger partial charge >= 0.3 is 0 Å². The Bertz CT molecular complexity index is 539. The van der Waals surface area contributed by atoms with Gasteiger partial charge in [-0.15, -0.1) is 0 Å². The van der Waals surface area contributed by atoms with Crippen molar-refractivity contribution in [1.29, 1.82) is 0 Å². The second-order valence-electron chi connectivity index (χ2n) is 5.40. The smallest absolute Gasteiger partial charge is 0.258 e. The maximum atomic E-state index is 12.6. The molecule has 0 unspecified atom stereocenters. The number of nitrogens with one attached hydrogen (secondary N) is 1. The number of hydrogen-bond donors (Lipinski definition) is 3. The standard InChI is InChI=1S/C15H21N3O3/c1-10-2-3-12(13(19)8-10)15(21)18(9-14(16)20)11-4-6-17-7-5-11/h2-3,8,11,17,19H,4-7,9H2,1H3,(H2,16,20). The van der Waals surface area contributed by atoms with Gasteiger partial charge in [-0.3, -0.25) is 9.59 Å². The third-order valence-corrected chi connectivity index (χ3v) is 3.72. The molecule has 1 aliphatic rings. The first-order valence-corrected chi connectivity index (χ1v) is 7.08. The number of piperidine rings is 1. The molecule has 0 atom stereocenters. The number of nitrogens with zero attached hydrogens (tertiary/aromatic N) is 1. The average Bonchev–Trinajstić information content (AvgIpc) is 2.45. The summed E-state index contributed by atoms with van der Waals surface area (Å²) in [5.74, 6) is -0.963. The van der Waals surface area contributed by atoms with Gasteiger partial charge in [-0.05, 0) is 50.6 Å². The number of carbonyl (C=O) groups excluding carboxylic acids is 2. The summed E-state index contributed by atoms with van der Waals surface area (Å²) in [6.45, 7) is 3.30. The molecule has 0 bridgehead atoms. The molecule has 114 valence electrons. The third-order valence-electron chi connectivity index (χ3n) is 3.72. The van der Waals surface area contributed by atoms with Crippen LogP contribution in [0.25, 0.3) is 0 Å². The lowest BCUT2D eigenvalue weighted by Crippen LogP contribution is -2.49. The summed E-state index contributed by atoms with van der Waals surface area (Å²) in [6.07, 6.45) is 1.54. The molecule has 2 rings (SSSR count). The Hall–Kier alpha value is -2.08. The maximum Gasteiger partial charge on any atom is 0.258 e. The molecule has 0 radical (unpaired) electrons. The summed E-state index contributed by atoms with van der Waals surface area (Å²) in [6, 6.07) is 4.85. The highest BCUT2D eigenvalue weighted by molar-refractivity contribution is 5.98. The predicted molar refractivity (Wildman–Crippen MR) is 79.0 cm³/mol. The van der Waals surface area contributed by atoms with Gasteiger partial charge < -0.3 is 21.1 Å². The van der Waals surface area contributed by atoms with E-state index in [1.807, 2.05) is 6.92 Å². The van der Waals surface area contributed by atoms with Gasteiger partial charge in [-0.25, -0.2) is 0 Å². The van der Waals surface area contributed by atoms with Crippen molar-refractivity contribution in [3.8, 4) is 5.75 Å². The van der Waals surface area contributed by atoms with E-state index in [0.717, 1.165) is 31.5 Å². The topological polar surface area (TPSA) is 95.7 Å². The molecule has 1 fully saturated rings. The van der Waals surface area contributed by atoms with Crippen LogP contribution < -0.4 is 11.1 Å². The molecule has 0 aliphatic carbocycles. The Labute approximate surface area is 123 Å². The van der Waals surface area contributed by atoms with Gasteiger partial charge in [-0.2, -0.15) is 0 Å². The van der Waals surface area contributed by atoms with Gasteiger partial charge in [0, 0.05) is 6.04 Å². The minimum atomic E-state index is -0.548. The van der Waals surface area contributed by atoms with Crippen molar-refractivity contribution < 1.29 is 14.7 Å². The second kappa shape index (κ2) is 6.58. The van der Waals surface area contributed by atoms with Gasteiger partial charge in [0.05, 0.1) is 12.1 Å². The first-order valence-electron chi connectivity index (χ1n) is 7.08. The molecule has 6 nitrogen and oxygen atoms in total. The maximum absolute atomic E-state index is 12.6. The van der Waals surface area contributed by atoms with E-state index in [4.69, 9.17) is 5.73 Å². The lowest BCUT2D eigenvalue weighted by molar-refractivity contribution is -0.119. The molecule has 1 heterocycles. The molecule has 2 amide bonds. The number of carbonyl (C=O) groups is 2. The number of primary amides is 1. The van der Waals surface area contributed by atoms with Crippen LogP contribution in [0, 0.1) is 6.92 Å².